The Morgan fingerprint density at radius 2 is 2.05 bits per heavy atom. The summed E-state index contributed by atoms with van der Waals surface area (Å²) in [5.41, 5.74) is 0. The molecular weight excluding hydrogens is 328 g/mol. The second kappa shape index (κ2) is 8.36. The van der Waals surface area contributed by atoms with Gasteiger partial charge in [0.1, 0.15) is 5.75 Å². The summed E-state index contributed by atoms with van der Waals surface area (Å²) in [6.45, 7) is 6.13. The number of ether oxygens (including phenoxy) is 1. The zero-order valence-electron chi connectivity index (χ0n) is 12.8. The summed E-state index contributed by atoms with van der Waals surface area (Å²) in [6, 6.07) is 3.30. The second-order valence-corrected chi connectivity index (χ2v) is 6.78. The number of nitrogens with one attached hydrogen (secondary N) is 2. The number of amides is 1. The van der Waals surface area contributed by atoms with Gasteiger partial charge in [-0.1, -0.05) is 18.5 Å². The fourth-order valence-electron chi connectivity index (χ4n) is 1.68. The van der Waals surface area contributed by atoms with Gasteiger partial charge in [0.05, 0.1) is 22.6 Å². The first-order valence-corrected chi connectivity index (χ1v) is 8.90. The predicted octanol–water partition coefficient (Wildman–Crippen LogP) is 1.93. The van der Waals surface area contributed by atoms with Gasteiger partial charge in [-0.15, -0.1) is 0 Å². The van der Waals surface area contributed by atoms with Gasteiger partial charge in [0.15, 0.2) is 0 Å². The van der Waals surface area contributed by atoms with Crippen molar-refractivity contribution >= 4 is 27.5 Å². The Labute approximate surface area is 136 Å². The summed E-state index contributed by atoms with van der Waals surface area (Å²) in [4.78, 5) is 11.7. The summed E-state index contributed by atoms with van der Waals surface area (Å²) in [7, 11) is -3.83. The minimum absolute atomic E-state index is 0.0175. The molecule has 6 nitrogen and oxygen atoms in total. The lowest BCUT2D eigenvalue weighted by Gasteiger charge is -2.15. The van der Waals surface area contributed by atoms with E-state index in [4.69, 9.17) is 16.3 Å². The highest BCUT2D eigenvalue weighted by molar-refractivity contribution is 7.89. The molecule has 0 spiro atoms. The van der Waals surface area contributed by atoms with E-state index in [9.17, 15) is 13.2 Å². The number of carbonyl (C=O) groups is 1. The molecule has 2 N–H and O–H groups in total. The van der Waals surface area contributed by atoms with E-state index < -0.39 is 16.1 Å². The van der Waals surface area contributed by atoms with E-state index in [1.165, 1.54) is 25.1 Å². The van der Waals surface area contributed by atoms with E-state index in [-0.39, 0.29) is 15.8 Å². The topological polar surface area (TPSA) is 84.5 Å². The summed E-state index contributed by atoms with van der Waals surface area (Å²) < 4.78 is 32.1. The van der Waals surface area contributed by atoms with Gasteiger partial charge < -0.3 is 10.1 Å². The van der Waals surface area contributed by atoms with Crippen LogP contribution in [0, 0.1) is 0 Å². The SMILES string of the molecule is CCCNC(=O)[C@@H](C)NS(=O)(=O)c1ccc(OCC)c(Cl)c1. The molecule has 0 aliphatic heterocycles. The van der Waals surface area contributed by atoms with Gasteiger partial charge in [-0.05, 0) is 38.5 Å². The maximum Gasteiger partial charge on any atom is 0.241 e. The molecule has 8 heteroatoms. The molecule has 1 aromatic carbocycles. The third-order valence-electron chi connectivity index (χ3n) is 2.79. The smallest absolute Gasteiger partial charge is 0.241 e. The number of carbonyl (C=O) groups excluding carboxylic acids is 1. The first-order valence-electron chi connectivity index (χ1n) is 7.04. The van der Waals surface area contributed by atoms with Crippen molar-refractivity contribution in [2.75, 3.05) is 13.2 Å². The van der Waals surface area contributed by atoms with Crippen molar-refractivity contribution in [3.63, 3.8) is 0 Å². The molecule has 1 atom stereocenters. The molecule has 0 saturated heterocycles. The lowest BCUT2D eigenvalue weighted by atomic mass is 10.3. The van der Waals surface area contributed by atoms with Crippen LogP contribution in [0.4, 0.5) is 0 Å². The number of sulfonamides is 1. The van der Waals surface area contributed by atoms with Crippen molar-refractivity contribution in [2.24, 2.45) is 0 Å². The quantitative estimate of drug-likeness (QED) is 0.751. The van der Waals surface area contributed by atoms with Gasteiger partial charge in [0, 0.05) is 6.54 Å². The molecule has 0 radical (unpaired) electrons. The van der Waals surface area contributed by atoms with E-state index >= 15 is 0 Å². The van der Waals surface area contributed by atoms with Crippen LogP contribution in [-0.4, -0.2) is 33.5 Å². The van der Waals surface area contributed by atoms with Crippen molar-refractivity contribution in [3.8, 4) is 5.75 Å². The molecule has 22 heavy (non-hydrogen) atoms. The fourth-order valence-corrected chi connectivity index (χ4v) is 3.21. The van der Waals surface area contributed by atoms with Gasteiger partial charge in [-0.2, -0.15) is 4.72 Å². The Balaban J connectivity index is 2.86. The highest BCUT2D eigenvalue weighted by Gasteiger charge is 2.22. The van der Waals surface area contributed by atoms with Crippen LogP contribution in [0.2, 0.25) is 5.02 Å². The Morgan fingerprint density at radius 3 is 2.59 bits per heavy atom. The molecule has 0 unspecified atom stereocenters. The molecule has 0 saturated carbocycles. The van der Waals surface area contributed by atoms with Crippen molar-refractivity contribution in [1.29, 1.82) is 0 Å². The molecule has 1 amide bonds. The molecule has 0 bridgehead atoms. The Morgan fingerprint density at radius 1 is 1.36 bits per heavy atom. The number of benzene rings is 1. The fraction of sp³-hybridized carbons (Fsp3) is 0.500. The van der Waals surface area contributed by atoms with Crippen LogP contribution in [0.3, 0.4) is 0 Å². The van der Waals surface area contributed by atoms with Crippen molar-refractivity contribution in [3.05, 3.63) is 23.2 Å². The van der Waals surface area contributed by atoms with Crippen LogP contribution >= 0.6 is 11.6 Å². The van der Waals surface area contributed by atoms with Crippen molar-refractivity contribution in [1.82, 2.24) is 10.0 Å². The second-order valence-electron chi connectivity index (χ2n) is 4.66. The summed E-state index contributed by atoms with van der Waals surface area (Å²) >= 11 is 5.99. The summed E-state index contributed by atoms with van der Waals surface area (Å²) in [6.07, 6.45) is 0.777. The van der Waals surface area contributed by atoms with Gasteiger partial charge in [-0.3, -0.25) is 4.79 Å². The van der Waals surface area contributed by atoms with E-state index in [2.05, 4.69) is 10.0 Å². The lowest BCUT2D eigenvalue weighted by Crippen LogP contribution is -2.44. The number of halogens is 1. The van der Waals surface area contributed by atoms with Crippen molar-refractivity contribution in [2.45, 2.75) is 38.1 Å². The van der Waals surface area contributed by atoms with Crippen LogP contribution in [0.1, 0.15) is 27.2 Å². The zero-order valence-corrected chi connectivity index (χ0v) is 14.4. The Hall–Kier alpha value is -1.31. The number of rotatable bonds is 8. The largest absolute Gasteiger partial charge is 0.492 e. The van der Waals surface area contributed by atoms with Crippen LogP contribution in [-0.2, 0) is 14.8 Å². The molecular formula is C14H21ClN2O4S. The molecule has 0 heterocycles. The molecule has 0 aromatic heterocycles. The summed E-state index contributed by atoms with van der Waals surface area (Å²) in [5.74, 6) is 0.0410. The average Bonchev–Trinajstić information content (AvgIpc) is 2.46. The minimum Gasteiger partial charge on any atom is -0.492 e. The van der Waals surface area contributed by atoms with Gasteiger partial charge in [0.2, 0.25) is 15.9 Å². The molecule has 124 valence electrons. The third kappa shape index (κ3) is 5.15. The molecule has 0 aliphatic carbocycles. The highest BCUT2D eigenvalue weighted by atomic mass is 35.5. The van der Waals surface area contributed by atoms with Crippen LogP contribution in [0.25, 0.3) is 0 Å². The lowest BCUT2D eigenvalue weighted by molar-refractivity contribution is -0.122. The predicted molar refractivity (Wildman–Crippen MR) is 85.7 cm³/mol. The maximum atomic E-state index is 12.3. The first kappa shape index (κ1) is 18.7. The van der Waals surface area contributed by atoms with Gasteiger partial charge in [-0.25, -0.2) is 8.42 Å². The van der Waals surface area contributed by atoms with E-state index in [1.54, 1.807) is 6.92 Å². The van der Waals surface area contributed by atoms with Crippen LogP contribution < -0.4 is 14.8 Å². The third-order valence-corrected chi connectivity index (χ3v) is 4.62. The van der Waals surface area contributed by atoms with Gasteiger partial charge in [0.25, 0.3) is 0 Å². The van der Waals surface area contributed by atoms with E-state index in [0.717, 1.165) is 6.42 Å². The number of hydrogen-bond donors (Lipinski definition) is 2. The van der Waals surface area contributed by atoms with Gasteiger partial charge >= 0.3 is 0 Å². The van der Waals surface area contributed by atoms with Crippen LogP contribution in [0.15, 0.2) is 23.1 Å². The van der Waals surface area contributed by atoms with E-state index in [1.807, 2.05) is 6.92 Å². The molecule has 1 rings (SSSR count). The first-order chi connectivity index (χ1) is 10.3. The highest BCUT2D eigenvalue weighted by Crippen LogP contribution is 2.27. The van der Waals surface area contributed by atoms with Crippen molar-refractivity contribution < 1.29 is 17.9 Å². The maximum absolute atomic E-state index is 12.3. The molecule has 0 fully saturated rings. The Bertz CT molecular complexity index is 619. The standard InChI is InChI=1S/C14H21ClN2O4S/c1-4-8-16-14(18)10(3)17-22(19,20)11-6-7-13(21-5-2)12(15)9-11/h6-7,9-10,17H,4-5,8H2,1-3H3,(H,16,18)/t10-/m1/s1. The average molecular weight is 349 g/mol. The normalized spacial score (nSPS) is 12.7. The minimum atomic E-state index is -3.83. The number of hydrogen-bond acceptors (Lipinski definition) is 4. The van der Waals surface area contributed by atoms with E-state index in [0.29, 0.717) is 18.9 Å². The Kier molecular flexibility index (Phi) is 7.12. The summed E-state index contributed by atoms with van der Waals surface area (Å²) in [5, 5.41) is 2.83. The zero-order chi connectivity index (χ0) is 16.8. The molecule has 0 aliphatic rings. The van der Waals surface area contributed by atoms with Crippen LogP contribution in [0.5, 0.6) is 5.75 Å². The monoisotopic (exact) mass is 348 g/mol. The molecule has 1 aromatic rings.